The van der Waals surface area contributed by atoms with Crippen molar-refractivity contribution < 1.29 is 22.7 Å². The molecule has 1 amide bonds. The van der Waals surface area contributed by atoms with E-state index in [0.717, 1.165) is 22.5 Å². The lowest BCUT2D eigenvalue weighted by Gasteiger charge is -2.17. The molecule has 0 atom stereocenters. The van der Waals surface area contributed by atoms with Gasteiger partial charge >= 0.3 is 0 Å². The molecule has 1 aromatic rings. The van der Waals surface area contributed by atoms with E-state index in [1.54, 1.807) is 0 Å². The molecule has 1 aromatic carbocycles. The average molecular weight is 314 g/mol. The second-order valence-corrected chi connectivity index (χ2v) is 6.05. The van der Waals surface area contributed by atoms with Crippen LogP contribution in [0.4, 0.5) is 4.39 Å². The van der Waals surface area contributed by atoms with Crippen molar-refractivity contribution in [3.8, 4) is 11.8 Å². The molecule has 114 valence electrons. The van der Waals surface area contributed by atoms with Gasteiger partial charge in [0.25, 0.3) is 0 Å². The van der Waals surface area contributed by atoms with E-state index in [1.807, 2.05) is 0 Å². The van der Waals surface area contributed by atoms with Crippen LogP contribution < -0.4 is 5.32 Å². The maximum absolute atomic E-state index is 13.2. The van der Waals surface area contributed by atoms with E-state index >= 15 is 0 Å². The molecule has 0 saturated carbocycles. The van der Waals surface area contributed by atoms with E-state index in [2.05, 4.69) is 17.2 Å². The minimum Gasteiger partial charge on any atom is -0.384 e. The first-order valence-corrected chi connectivity index (χ1v) is 7.33. The molecule has 21 heavy (non-hydrogen) atoms. The lowest BCUT2D eigenvalue weighted by Crippen LogP contribution is -2.37. The highest BCUT2D eigenvalue weighted by Gasteiger charge is 2.25. The van der Waals surface area contributed by atoms with Crippen LogP contribution in [-0.2, 0) is 14.8 Å². The molecule has 0 unspecified atom stereocenters. The van der Waals surface area contributed by atoms with Crippen LogP contribution in [0.15, 0.2) is 23.1 Å². The van der Waals surface area contributed by atoms with Crippen molar-refractivity contribution >= 4 is 15.9 Å². The lowest BCUT2D eigenvalue weighted by molar-refractivity contribution is -0.120. The van der Waals surface area contributed by atoms with E-state index in [9.17, 15) is 17.6 Å². The predicted molar refractivity (Wildman–Crippen MR) is 74.2 cm³/mol. The van der Waals surface area contributed by atoms with Gasteiger partial charge in [0, 0.05) is 19.7 Å². The first kappa shape index (κ1) is 17.1. The van der Waals surface area contributed by atoms with Crippen molar-refractivity contribution in [1.29, 1.82) is 0 Å². The number of aliphatic hydroxyl groups excluding tert-OH is 1. The molecule has 0 aliphatic heterocycles. The Bertz CT molecular complexity index is 692. The van der Waals surface area contributed by atoms with Crippen LogP contribution in [0.5, 0.6) is 0 Å². The number of rotatable bonds is 4. The van der Waals surface area contributed by atoms with Crippen LogP contribution in [0.2, 0.25) is 0 Å². The van der Waals surface area contributed by atoms with Gasteiger partial charge in [0.1, 0.15) is 12.4 Å². The summed E-state index contributed by atoms with van der Waals surface area (Å²) in [7, 11) is -1.38. The summed E-state index contributed by atoms with van der Waals surface area (Å²) in [5.74, 6) is 3.53. The highest BCUT2D eigenvalue weighted by atomic mass is 32.2. The van der Waals surface area contributed by atoms with E-state index in [-0.39, 0.29) is 17.0 Å². The van der Waals surface area contributed by atoms with Gasteiger partial charge in [-0.15, -0.1) is 0 Å². The SMILES string of the molecule is CNC(=O)CN(C)S(=O)(=O)c1ccc(F)cc1C#CCO. The maximum atomic E-state index is 13.2. The number of halogens is 1. The molecule has 2 N–H and O–H groups in total. The van der Waals surface area contributed by atoms with Crippen molar-refractivity contribution in [2.45, 2.75) is 4.90 Å². The second kappa shape index (κ2) is 7.17. The van der Waals surface area contributed by atoms with Gasteiger partial charge in [0.15, 0.2) is 0 Å². The van der Waals surface area contributed by atoms with Gasteiger partial charge in [-0.25, -0.2) is 12.8 Å². The summed E-state index contributed by atoms with van der Waals surface area (Å²) in [6, 6.07) is 3.03. The summed E-state index contributed by atoms with van der Waals surface area (Å²) in [6.07, 6.45) is 0. The fourth-order valence-corrected chi connectivity index (χ4v) is 2.74. The van der Waals surface area contributed by atoms with Gasteiger partial charge in [-0.3, -0.25) is 4.79 Å². The number of benzene rings is 1. The summed E-state index contributed by atoms with van der Waals surface area (Å²) in [4.78, 5) is 11.0. The maximum Gasteiger partial charge on any atom is 0.244 e. The molecule has 0 bridgehead atoms. The third kappa shape index (κ3) is 4.26. The molecule has 0 saturated heterocycles. The number of nitrogens with zero attached hydrogens (tertiary/aromatic N) is 1. The highest BCUT2D eigenvalue weighted by molar-refractivity contribution is 7.89. The molecule has 0 heterocycles. The third-order valence-electron chi connectivity index (χ3n) is 2.58. The number of amides is 1. The van der Waals surface area contributed by atoms with Crippen LogP contribution in [0, 0.1) is 17.7 Å². The zero-order chi connectivity index (χ0) is 16.0. The summed E-state index contributed by atoms with van der Waals surface area (Å²) in [5.41, 5.74) is -0.0761. The molecule has 0 aliphatic carbocycles. The van der Waals surface area contributed by atoms with E-state index in [4.69, 9.17) is 5.11 Å². The van der Waals surface area contributed by atoms with Gasteiger partial charge in [0.2, 0.25) is 15.9 Å². The molecule has 6 nitrogen and oxygen atoms in total. The number of sulfonamides is 1. The highest BCUT2D eigenvalue weighted by Crippen LogP contribution is 2.19. The van der Waals surface area contributed by atoms with Crippen LogP contribution >= 0.6 is 0 Å². The summed E-state index contributed by atoms with van der Waals surface area (Å²) < 4.78 is 38.8. The fraction of sp³-hybridized carbons (Fsp3) is 0.308. The summed E-state index contributed by atoms with van der Waals surface area (Å²) in [5, 5.41) is 11.0. The molecule has 0 aliphatic rings. The fourth-order valence-electron chi connectivity index (χ4n) is 1.49. The number of hydrogen-bond acceptors (Lipinski definition) is 4. The number of carbonyl (C=O) groups is 1. The van der Waals surface area contributed by atoms with Crippen molar-refractivity contribution in [3.63, 3.8) is 0 Å². The monoisotopic (exact) mass is 314 g/mol. The Morgan fingerprint density at radius 3 is 2.71 bits per heavy atom. The van der Waals surface area contributed by atoms with Crippen molar-refractivity contribution in [3.05, 3.63) is 29.6 Å². The number of likely N-dealkylation sites (N-methyl/N-ethyl adjacent to an activating group) is 2. The quantitative estimate of drug-likeness (QED) is 0.736. The minimum atomic E-state index is -4.00. The Kier molecular flexibility index (Phi) is 5.84. The Hall–Kier alpha value is -1.95. The zero-order valence-corrected chi connectivity index (χ0v) is 12.4. The lowest BCUT2D eigenvalue weighted by atomic mass is 10.2. The van der Waals surface area contributed by atoms with Gasteiger partial charge < -0.3 is 10.4 Å². The van der Waals surface area contributed by atoms with E-state index < -0.39 is 28.4 Å². The van der Waals surface area contributed by atoms with Crippen LogP contribution in [0.1, 0.15) is 5.56 Å². The Morgan fingerprint density at radius 2 is 2.14 bits per heavy atom. The predicted octanol–water partition coefficient (Wildman–Crippen LogP) is -0.464. The van der Waals surface area contributed by atoms with Gasteiger partial charge in [-0.2, -0.15) is 4.31 Å². The largest absolute Gasteiger partial charge is 0.384 e. The van der Waals surface area contributed by atoms with Crippen LogP contribution in [-0.4, -0.2) is 51.0 Å². The molecule has 0 radical (unpaired) electrons. The van der Waals surface area contributed by atoms with Crippen LogP contribution in [0.3, 0.4) is 0 Å². The Morgan fingerprint density at radius 1 is 1.48 bits per heavy atom. The van der Waals surface area contributed by atoms with E-state index in [0.29, 0.717) is 0 Å². The molecular weight excluding hydrogens is 299 g/mol. The van der Waals surface area contributed by atoms with E-state index in [1.165, 1.54) is 14.1 Å². The number of aliphatic hydroxyl groups is 1. The summed E-state index contributed by atoms with van der Waals surface area (Å²) >= 11 is 0. The second-order valence-electron chi connectivity index (χ2n) is 4.03. The van der Waals surface area contributed by atoms with Gasteiger partial charge in [-0.05, 0) is 18.2 Å². The summed E-state index contributed by atoms with van der Waals surface area (Å²) in [6.45, 7) is -0.854. The topological polar surface area (TPSA) is 86.7 Å². The number of nitrogens with one attached hydrogen (secondary N) is 1. The first-order chi connectivity index (χ1) is 9.82. The molecule has 0 aromatic heterocycles. The normalized spacial score (nSPS) is 10.9. The first-order valence-electron chi connectivity index (χ1n) is 5.89. The van der Waals surface area contributed by atoms with Crippen molar-refractivity contribution in [1.82, 2.24) is 9.62 Å². The Labute approximate surface area is 122 Å². The van der Waals surface area contributed by atoms with Gasteiger partial charge in [-0.1, -0.05) is 11.8 Å². The molecule has 0 spiro atoms. The Balaban J connectivity index is 3.28. The van der Waals surface area contributed by atoms with Crippen molar-refractivity contribution in [2.75, 3.05) is 27.2 Å². The smallest absolute Gasteiger partial charge is 0.244 e. The number of carbonyl (C=O) groups excluding carboxylic acids is 1. The molecule has 1 rings (SSSR count). The number of hydrogen-bond donors (Lipinski definition) is 2. The van der Waals surface area contributed by atoms with Gasteiger partial charge in [0.05, 0.1) is 11.4 Å². The van der Waals surface area contributed by atoms with Crippen LogP contribution in [0.25, 0.3) is 0 Å². The standard InChI is InChI=1S/C13H15FN2O4S/c1-15-13(18)9-16(2)21(19,20)12-6-5-11(14)8-10(12)4-3-7-17/h5-6,8,17H,7,9H2,1-2H3,(H,15,18). The molecule has 0 fully saturated rings. The minimum absolute atomic E-state index is 0.0761. The molecular formula is C13H15FN2O4S. The molecule has 8 heteroatoms. The third-order valence-corrected chi connectivity index (χ3v) is 4.44. The average Bonchev–Trinajstić information content (AvgIpc) is 2.44. The zero-order valence-electron chi connectivity index (χ0n) is 11.6. The van der Waals surface area contributed by atoms with Crippen molar-refractivity contribution in [2.24, 2.45) is 0 Å².